The van der Waals surface area contributed by atoms with Gasteiger partial charge in [-0.3, -0.25) is 9.69 Å². The average Bonchev–Trinajstić information content (AvgIpc) is 3.58. The maximum Gasteiger partial charge on any atom is 0.408 e. The maximum absolute atomic E-state index is 13.5. The van der Waals surface area contributed by atoms with Gasteiger partial charge in [0.15, 0.2) is 0 Å². The van der Waals surface area contributed by atoms with Gasteiger partial charge in [0.1, 0.15) is 5.75 Å². The highest BCUT2D eigenvalue weighted by atomic mass is 32.2. The number of fused-ring (bicyclic) bond motifs is 6. The van der Waals surface area contributed by atoms with Gasteiger partial charge >= 0.3 is 16.3 Å². The molecule has 2 amide bonds. The molecule has 6 rings (SSSR count). The zero-order valence-electron chi connectivity index (χ0n) is 26.3. The van der Waals surface area contributed by atoms with Crippen LogP contribution in [-0.4, -0.2) is 72.1 Å². The summed E-state index contributed by atoms with van der Waals surface area (Å²) >= 11 is 0. The highest BCUT2D eigenvalue weighted by molar-refractivity contribution is 7.87. The molecule has 4 aliphatic rings. The molecule has 1 aromatic heterocycles. The number of allylic oxidation sites excluding steroid dienone is 2. The summed E-state index contributed by atoms with van der Waals surface area (Å²) in [5, 5.41) is 11.5. The molecular formula is C33H42N4O6S. The molecule has 3 aliphatic carbocycles. The third kappa shape index (κ3) is 4.94. The number of carboxylic acid groups (broad SMARTS) is 1. The summed E-state index contributed by atoms with van der Waals surface area (Å²) in [6, 6.07) is 5.91. The van der Waals surface area contributed by atoms with Crippen LogP contribution in [0.1, 0.15) is 82.4 Å². The maximum atomic E-state index is 13.5. The Bertz CT molecular complexity index is 1750. The predicted octanol–water partition coefficient (Wildman–Crippen LogP) is 5.43. The molecule has 2 N–H and O–H groups in total. The van der Waals surface area contributed by atoms with Gasteiger partial charge in [-0.15, -0.1) is 0 Å². The van der Waals surface area contributed by atoms with Crippen LogP contribution in [0, 0.1) is 0 Å². The van der Waals surface area contributed by atoms with E-state index in [1.165, 1.54) is 43.8 Å². The predicted molar refractivity (Wildman–Crippen MR) is 169 cm³/mol. The van der Waals surface area contributed by atoms with Crippen LogP contribution < -0.4 is 9.46 Å². The summed E-state index contributed by atoms with van der Waals surface area (Å²) in [5.74, 6) is 0.0930. The van der Waals surface area contributed by atoms with Gasteiger partial charge < -0.3 is 14.4 Å². The van der Waals surface area contributed by atoms with Crippen molar-refractivity contribution in [3.05, 3.63) is 63.9 Å². The highest BCUT2D eigenvalue weighted by Gasteiger charge is 2.49. The highest BCUT2D eigenvalue weighted by Crippen LogP contribution is 2.55. The molecular weight excluding hydrogens is 580 g/mol. The number of amides is 2. The topological polar surface area (TPSA) is 121 Å². The second-order valence-corrected chi connectivity index (χ2v) is 15.4. The number of nitrogens with one attached hydrogen (secondary N) is 1. The van der Waals surface area contributed by atoms with Crippen LogP contribution in [0.15, 0.2) is 52.6 Å². The molecule has 0 spiro atoms. The molecule has 1 fully saturated rings. The van der Waals surface area contributed by atoms with Gasteiger partial charge in [0.2, 0.25) is 0 Å². The first-order valence-corrected chi connectivity index (χ1v) is 16.8. The summed E-state index contributed by atoms with van der Waals surface area (Å²) in [5.41, 5.74) is 5.33. The Labute approximate surface area is 259 Å². The van der Waals surface area contributed by atoms with Crippen molar-refractivity contribution in [2.45, 2.75) is 89.3 Å². The van der Waals surface area contributed by atoms with Gasteiger partial charge in [0.25, 0.3) is 5.91 Å². The lowest BCUT2D eigenvalue weighted by molar-refractivity contribution is -0.115. The minimum Gasteiger partial charge on any atom is -0.496 e. The second kappa shape index (κ2) is 10.8. The number of carbonyl (C=O) groups excluding carboxylic acids is 1. The van der Waals surface area contributed by atoms with Crippen LogP contribution in [-0.2, 0) is 21.5 Å². The Morgan fingerprint density at radius 1 is 1.11 bits per heavy atom. The third-order valence-corrected chi connectivity index (χ3v) is 11.1. The molecule has 0 saturated heterocycles. The fourth-order valence-corrected chi connectivity index (χ4v) is 8.20. The number of methoxy groups -OCH3 is 1. The molecule has 2 aromatic rings. The number of benzene rings is 1. The molecule has 2 atom stereocenters. The van der Waals surface area contributed by atoms with Crippen LogP contribution in [0.3, 0.4) is 0 Å². The first-order valence-electron chi connectivity index (χ1n) is 15.4. The molecule has 0 unspecified atom stereocenters. The zero-order valence-corrected chi connectivity index (χ0v) is 27.1. The molecule has 44 heavy (non-hydrogen) atoms. The van der Waals surface area contributed by atoms with Crippen LogP contribution in [0.5, 0.6) is 5.75 Å². The van der Waals surface area contributed by atoms with E-state index >= 15 is 0 Å². The molecule has 1 saturated carbocycles. The number of rotatable bonds is 6. The number of hydrogen-bond donors (Lipinski definition) is 2. The van der Waals surface area contributed by atoms with E-state index < -0.39 is 33.8 Å². The van der Waals surface area contributed by atoms with Crippen LogP contribution in [0.25, 0.3) is 10.9 Å². The van der Waals surface area contributed by atoms with Gasteiger partial charge in [-0.2, -0.15) is 12.7 Å². The van der Waals surface area contributed by atoms with E-state index in [2.05, 4.69) is 21.4 Å². The van der Waals surface area contributed by atoms with Crippen LogP contribution in [0.2, 0.25) is 0 Å². The lowest BCUT2D eigenvalue weighted by Crippen LogP contribution is -2.54. The van der Waals surface area contributed by atoms with E-state index in [0.29, 0.717) is 24.5 Å². The molecule has 236 valence electrons. The Hall–Kier alpha value is -3.57. The summed E-state index contributed by atoms with van der Waals surface area (Å²) in [4.78, 5) is 27.9. The summed E-state index contributed by atoms with van der Waals surface area (Å²) in [6.07, 6.45) is 9.24. The quantitative estimate of drug-likeness (QED) is 0.443. The number of hydrogen-bond acceptors (Lipinski definition) is 5. The van der Waals surface area contributed by atoms with E-state index in [0.717, 1.165) is 56.2 Å². The van der Waals surface area contributed by atoms with Crippen molar-refractivity contribution >= 4 is 33.1 Å². The van der Waals surface area contributed by atoms with Crippen molar-refractivity contribution in [2.24, 2.45) is 0 Å². The van der Waals surface area contributed by atoms with Crippen molar-refractivity contribution in [3.8, 4) is 5.75 Å². The lowest BCUT2D eigenvalue weighted by atomic mass is 9.79. The van der Waals surface area contributed by atoms with E-state index in [1.807, 2.05) is 39.0 Å². The van der Waals surface area contributed by atoms with Crippen molar-refractivity contribution in [3.63, 3.8) is 0 Å². The van der Waals surface area contributed by atoms with Gasteiger partial charge in [-0.05, 0) is 80.4 Å². The fraction of sp³-hybridized carbons (Fsp3) is 0.515. The summed E-state index contributed by atoms with van der Waals surface area (Å²) in [6.45, 7) is 6.08. The number of ether oxygens (including phenoxy) is 1. The molecule has 11 heteroatoms. The SMILES string of the molecule is COc1ccc(C2CCCCC2)c2c1cc1n2CC2=C(C(=O)NS(=O)(=O)N(C)C)C2=C2C=CC[C@H](N(C(=O)O)C(C)(C)C)[C@@H]21. The van der Waals surface area contributed by atoms with E-state index in [1.54, 1.807) is 7.11 Å². The van der Waals surface area contributed by atoms with Gasteiger partial charge in [0.05, 0.1) is 24.2 Å². The Morgan fingerprint density at radius 2 is 1.82 bits per heavy atom. The summed E-state index contributed by atoms with van der Waals surface area (Å²) in [7, 11) is 0.402. The molecule has 2 heterocycles. The van der Waals surface area contributed by atoms with E-state index in [4.69, 9.17) is 4.74 Å². The Kier molecular flexibility index (Phi) is 7.48. The van der Waals surface area contributed by atoms with Crippen molar-refractivity contribution in [1.29, 1.82) is 0 Å². The number of carbonyl (C=O) groups is 2. The van der Waals surface area contributed by atoms with Crippen molar-refractivity contribution in [1.82, 2.24) is 18.5 Å². The molecule has 1 aromatic carbocycles. The lowest BCUT2D eigenvalue weighted by Gasteiger charge is -2.44. The van der Waals surface area contributed by atoms with E-state index in [-0.39, 0.29) is 5.92 Å². The van der Waals surface area contributed by atoms with Gasteiger partial charge in [-0.25, -0.2) is 9.52 Å². The standard InChI is InChI=1S/C33H42N4O6S/c1-33(2,3)37(32(39)40)24-14-10-13-21-27-23(29(27)31(38)34-44(41,42)35(4)5)18-36-25(28(21)24)17-22-26(43-6)16-15-20(30(22)36)19-11-8-7-9-12-19/h10,13,15-17,19,24,28H,7-9,11-12,14,18H2,1-6H3,(H,34,38)(H,39,40)/t24-,28+/m0/s1. The largest absolute Gasteiger partial charge is 0.496 e. The average molecular weight is 623 g/mol. The summed E-state index contributed by atoms with van der Waals surface area (Å²) < 4.78 is 36.6. The molecule has 1 aliphatic heterocycles. The Balaban J connectivity index is 1.60. The van der Waals surface area contributed by atoms with E-state index in [9.17, 15) is 23.1 Å². The number of aromatic nitrogens is 1. The zero-order chi connectivity index (χ0) is 31.7. The molecule has 0 bridgehead atoms. The number of nitrogens with zero attached hydrogens (tertiary/aromatic N) is 3. The molecule has 0 radical (unpaired) electrons. The smallest absolute Gasteiger partial charge is 0.408 e. The fourth-order valence-electron chi connectivity index (χ4n) is 7.68. The minimum absolute atomic E-state index is 0.368. The Morgan fingerprint density at radius 3 is 2.43 bits per heavy atom. The normalized spacial score (nSPS) is 22.0. The molecule has 10 nitrogen and oxygen atoms in total. The van der Waals surface area contributed by atoms with Crippen molar-refractivity contribution < 1.29 is 27.9 Å². The van der Waals surface area contributed by atoms with Crippen molar-refractivity contribution in [2.75, 3.05) is 21.2 Å². The first-order chi connectivity index (χ1) is 20.8. The van der Waals surface area contributed by atoms with Gasteiger partial charge in [0, 0.05) is 43.2 Å². The van der Waals surface area contributed by atoms with Gasteiger partial charge in [-0.1, -0.05) is 37.5 Å². The third-order valence-electron chi connectivity index (χ3n) is 9.65. The monoisotopic (exact) mass is 622 g/mol. The first kappa shape index (κ1) is 30.5. The van der Waals surface area contributed by atoms with Crippen LogP contribution in [0.4, 0.5) is 4.79 Å². The van der Waals surface area contributed by atoms with Crippen LogP contribution >= 0.6 is 0 Å². The second-order valence-electron chi connectivity index (χ2n) is 13.5. The minimum atomic E-state index is -4.00.